The van der Waals surface area contributed by atoms with Gasteiger partial charge in [-0.15, -0.1) is 24.8 Å². The van der Waals surface area contributed by atoms with Gasteiger partial charge in [-0.05, 0) is 19.4 Å². The van der Waals surface area contributed by atoms with Crippen LogP contribution in [0.3, 0.4) is 0 Å². The fourth-order valence-electron chi connectivity index (χ4n) is 3.14. The zero-order chi connectivity index (χ0) is 17.9. The standard InChI is InChI=1S/C19H26N4O2.2ClH/c1-19(2)13-23(8-9-25-19)18(24)17(20)10-16-12-22(14-21-16)11-15-6-4-3-5-7-15;;/h3-7,12,14,17H,8-11,13,20H2,1-2H3;2*1H/t17-;;/m0../s1. The molecule has 27 heavy (non-hydrogen) atoms. The average Bonchev–Trinajstić information content (AvgIpc) is 3.01. The number of aromatic nitrogens is 2. The van der Waals surface area contributed by atoms with Crippen LogP contribution >= 0.6 is 24.8 Å². The Balaban J connectivity index is 0.00000182. The van der Waals surface area contributed by atoms with Crippen LogP contribution in [0.25, 0.3) is 0 Å². The molecule has 6 nitrogen and oxygen atoms in total. The molecule has 2 N–H and O–H groups in total. The highest BCUT2D eigenvalue weighted by Crippen LogP contribution is 2.17. The quantitative estimate of drug-likeness (QED) is 0.813. The molecular formula is C19H28Cl2N4O2. The van der Waals surface area contributed by atoms with Gasteiger partial charge in [-0.1, -0.05) is 30.3 Å². The van der Waals surface area contributed by atoms with Gasteiger partial charge in [0.1, 0.15) is 0 Å². The highest BCUT2D eigenvalue weighted by molar-refractivity contribution is 5.85. The number of hydrogen-bond acceptors (Lipinski definition) is 4. The van der Waals surface area contributed by atoms with Crippen molar-refractivity contribution < 1.29 is 9.53 Å². The summed E-state index contributed by atoms with van der Waals surface area (Å²) >= 11 is 0. The summed E-state index contributed by atoms with van der Waals surface area (Å²) in [6, 6.07) is 9.62. The van der Waals surface area contributed by atoms with Crippen molar-refractivity contribution in [3.63, 3.8) is 0 Å². The lowest BCUT2D eigenvalue weighted by Crippen LogP contribution is -2.55. The molecule has 0 spiro atoms. The number of carbonyl (C=O) groups is 1. The number of ether oxygens (including phenoxy) is 1. The van der Waals surface area contributed by atoms with Crippen molar-refractivity contribution >= 4 is 30.7 Å². The van der Waals surface area contributed by atoms with Crippen LogP contribution in [-0.2, 0) is 22.5 Å². The van der Waals surface area contributed by atoms with Gasteiger partial charge in [-0.3, -0.25) is 4.79 Å². The molecule has 1 atom stereocenters. The minimum Gasteiger partial charge on any atom is -0.372 e. The smallest absolute Gasteiger partial charge is 0.240 e. The van der Waals surface area contributed by atoms with E-state index in [1.54, 1.807) is 11.2 Å². The fourth-order valence-corrected chi connectivity index (χ4v) is 3.14. The number of nitrogens with zero attached hydrogens (tertiary/aromatic N) is 3. The third-order valence-electron chi connectivity index (χ3n) is 4.38. The number of morpholine rings is 1. The number of hydrogen-bond donors (Lipinski definition) is 1. The van der Waals surface area contributed by atoms with Gasteiger partial charge in [0, 0.05) is 32.3 Å². The molecule has 1 aliphatic heterocycles. The number of carbonyl (C=O) groups excluding carboxylic acids is 1. The van der Waals surface area contributed by atoms with E-state index in [-0.39, 0.29) is 36.3 Å². The summed E-state index contributed by atoms with van der Waals surface area (Å²) in [6.07, 6.45) is 4.19. The Morgan fingerprint density at radius 1 is 1.30 bits per heavy atom. The molecule has 8 heteroatoms. The highest BCUT2D eigenvalue weighted by Gasteiger charge is 2.32. The van der Waals surface area contributed by atoms with Gasteiger partial charge in [0.2, 0.25) is 5.91 Å². The lowest BCUT2D eigenvalue weighted by molar-refractivity contribution is -0.147. The molecule has 0 saturated carbocycles. The molecule has 2 aromatic rings. The lowest BCUT2D eigenvalue weighted by Gasteiger charge is -2.39. The molecule has 1 saturated heterocycles. The van der Waals surface area contributed by atoms with E-state index < -0.39 is 6.04 Å². The summed E-state index contributed by atoms with van der Waals surface area (Å²) in [5.41, 5.74) is 7.88. The van der Waals surface area contributed by atoms with Gasteiger partial charge in [0.25, 0.3) is 0 Å². The summed E-state index contributed by atoms with van der Waals surface area (Å²) in [6.45, 7) is 6.46. The van der Waals surface area contributed by atoms with Crippen LogP contribution < -0.4 is 5.73 Å². The van der Waals surface area contributed by atoms with E-state index in [4.69, 9.17) is 10.5 Å². The molecule has 1 fully saturated rings. The van der Waals surface area contributed by atoms with E-state index in [9.17, 15) is 4.79 Å². The molecule has 1 amide bonds. The van der Waals surface area contributed by atoms with E-state index in [1.165, 1.54) is 5.56 Å². The number of rotatable bonds is 5. The first kappa shape index (κ1) is 23.4. The van der Waals surface area contributed by atoms with Gasteiger partial charge in [0.15, 0.2) is 0 Å². The van der Waals surface area contributed by atoms with Crippen LogP contribution in [0.5, 0.6) is 0 Å². The number of amides is 1. The third kappa shape index (κ3) is 6.50. The number of imidazole rings is 1. The second-order valence-electron chi connectivity index (χ2n) is 7.20. The Kier molecular flexibility index (Phi) is 8.75. The van der Waals surface area contributed by atoms with Crippen LogP contribution in [0.15, 0.2) is 42.9 Å². The van der Waals surface area contributed by atoms with Crippen molar-refractivity contribution in [3.05, 3.63) is 54.1 Å². The molecule has 0 bridgehead atoms. The van der Waals surface area contributed by atoms with Crippen molar-refractivity contribution in [1.29, 1.82) is 0 Å². The summed E-state index contributed by atoms with van der Waals surface area (Å²) in [5, 5.41) is 0. The van der Waals surface area contributed by atoms with Crippen molar-refractivity contribution in [2.45, 2.75) is 38.5 Å². The van der Waals surface area contributed by atoms with Crippen molar-refractivity contribution in [1.82, 2.24) is 14.5 Å². The Morgan fingerprint density at radius 3 is 2.67 bits per heavy atom. The first-order valence-corrected chi connectivity index (χ1v) is 8.66. The molecule has 150 valence electrons. The first-order chi connectivity index (χ1) is 11.9. The zero-order valence-corrected chi connectivity index (χ0v) is 17.3. The number of halogens is 2. The third-order valence-corrected chi connectivity index (χ3v) is 4.38. The Morgan fingerprint density at radius 2 is 2.00 bits per heavy atom. The van der Waals surface area contributed by atoms with Gasteiger partial charge in [0.05, 0.1) is 30.3 Å². The minimum atomic E-state index is -0.575. The SMILES string of the molecule is CC1(C)CN(C(=O)[C@@H](N)Cc2cn(Cc3ccccc3)cn2)CCO1.Cl.Cl. The van der Waals surface area contributed by atoms with E-state index in [2.05, 4.69) is 17.1 Å². The fraction of sp³-hybridized carbons (Fsp3) is 0.474. The minimum absolute atomic E-state index is 0. The summed E-state index contributed by atoms with van der Waals surface area (Å²) in [5.74, 6) is -0.0333. The number of nitrogens with two attached hydrogens (primary N) is 1. The Labute approximate surface area is 172 Å². The van der Waals surface area contributed by atoms with E-state index in [0.29, 0.717) is 26.1 Å². The summed E-state index contributed by atoms with van der Waals surface area (Å²) in [4.78, 5) is 18.8. The largest absolute Gasteiger partial charge is 0.372 e. The second kappa shape index (κ2) is 10.1. The monoisotopic (exact) mass is 414 g/mol. The van der Waals surface area contributed by atoms with Gasteiger partial charge >= 0.3 is 0 Å². The predicted octanol–water partition coefficient (Wildman–Crippen LogP) is 2.28. The first-order valence-electron chi connectivity index (χ1n) is 8.66. The molecule has 0 unspecified atom stereocenters. The van der Waals surface area contributed by atoms with Gasteiger partial charge < -0.3 is 19.9 Å². The van der Waals surface area contributed by atoms with Crippen LogP contribution in [-0.4, -0.2) is 51.7 Å². The van der Waals surface area contributed by atoms with Crippen LogP contribution in [0.4, 0.5) is 0 Å². The predicted molar refractivity (Wildman–Crippen MR) is 111 cm³/mol. The van der Waals surface area contributed by atoms with Crippen molar-refractivity contribution in [2.75, 3.05) is 19.7 Å². The Bertz CT molecular complexity index is 722. The summed E-state index contributed by atoms with van der Waals surface area (Å²) in [7, 11) is 0. The second-order valence-corrected chi connectivity index (χ2v) is 7.20. The maximum atomic E-state index is 12.6. The molecule has 1 aliphatic rings. The topological polar surface area (TPSA) is 73.4 Å². The molecule has 1 aromatic carbocycles. The normalized spacial score (nSPS) is 16.8. The van der Waals surface area contributed by atoms with Crippen LogP contribution in [0, 0.1) is 0 Å². The zero-order valence-electron chi connectivity index (χ0n) is 15.7. The van der Waals surface area contributed by atoms with Crippen molar-refractivity contribution in [2.24, 2.45) is 5.73 Å². The van der Waals surface area contributed by atoms with Gasteiger partial charge in [-0.25, -0.2) is 4.98 Å². The van der Waals surface area contributed by atoms with Gasteiger partial charge in [-0.2, -0.15) is 0 Å². The lowest BCUT2D eigenvalue weighted by atomic mass is 10.1. The Hall–Kier alpha value is -1.60. The van der Waals surface area contributed by atoms with Crippen molar-refractivity contribution in [3.8, 4) is 0 Å². The molecule has 1 aromatic heterocycles. The average molecular weight is 415 g/mol. The maximum absolute atomic E-state index is 12.6. The van der Waals surface area contributed by atoms with Crippen LogP contribution in [0.2, 0.25) is 0 Å². The number of benzene rings is 1. The van der Waals surface area contributed by atoms with E-state index >= 15 is 0 Å². The molecule has 0 radical (unpaired) electrons. The molecular weight excluding hydrogens is 387 g/mol. The van der Waals surface area contributed by atoms with E-state index in [0.717, 1.165) is 12.2 Å². The van der Waals surface area contributed by atoms with Crippen LogP contribution in [0.1, 0.15) is 25.1 Å². The molecule has 2 heterocycles. The molecule has 3 rings (SSSR count). The molecule has 0 aliphatic carbocycles. The summed E-state index contributed by atoms with van der Waals surface area (Å²) < 4.78 is 7.67. The maximum Gasteiger partial charge on any atom is 0.240 e. The van der Waals surface area contributed by atoms with E-state index in [1.807, 2.05) is 42.8 Å². The highest BCUT2D eigenvalue weighted by atomic mass is 35.5.